The summed E-state index contributed by atoms with van der Waals surface area (Å²) in [6.45, 7) is 2.19. The molecule has 0 aliphatic carbocycles. The normalized spacial score (nSPS) is 12.0. The van der Waals surface area contributed by atoms with Crippen LogP contribution in [0, 0.1) is 0 Å². The molecule has 0 fully saturated rings. The van der Waals surface area contributed by atoms with E-state index in [0.29, 0.717) is 47.1 Å². The number of fused-ring (bicyclic) bond motifs is 2. The van der Waals surface area contributed by atoms with Crippen molar-refractivity contribution >= 4 is 21.9 Å². The Morgan fingerprint density at radius 3 is 2.55 bits per heavy atom. The van der Waals surface area contributed by atoms with Crippen LogP contribution in [0.15, 0.2) is 45.6 Å². The molecule has 6 heteroatoms. The molecule has 0 unspecified atom stereocenters. The topological polar surface area (TPSA) is 106 Å². The minimum Gasteiger partial charge on any atom is -0.493 e. The molecule has 0 amide bonds. The number of hydrogen-bond donors (Lipinski definition) is 3. The van der Waals surface area contributed by atoms with Crippen molar-refractivity contribution in [1.29, 1.82) is 0 Å². The molecule has 1 aromatic heterocycles. The molecule has 4 N–H and O–H groups in total. The van der Waals surface area contributed by atoms with Crippen molar-refractivity contribution in [2.45, 2.75) is 44.6 Å². The summed E-state index contributed by atoms with van der Waals surface area (Å²) in [5.74, 6) is 0.694. The molecule has 0 radical (unpaired) electrons. The molecule has 156 valence electrons. The van der Waals surface area contributed by atoms with Gasteiger partial charge in [0, 0.05) is 6.07 Å². The van der Waals surface area contributed by atoms with E-state index in [1.807, 2.05) is 6.07 Å². The maximum absolute atomic E-state index is 13.0. The van der Waals surface area contributed by atoms with Gasteiger partial charge in [-0.1, -0.05) is 25.8 Å². The minimum atomic E-state index is -1.03. The molecule has 3 aromatic rings. The van der Waals surface area contributed by atoms with Crippen LogP contribution < -0.4 is 15.9 Å². The fourth-order valence-electron chi connectivity index (χ4n) is 3.27. The SMILES string of the molecule is CCCCCOc1ccc2c(=O)c3cc(CCC(N)(CO)CO)ccc3oc2c1. The first-order chi connectivity index (χ1) is 14.0. The highest BCUT2D eigenvalue weighted by atomic mass is 16.5. The Balaban J connectivity index is 1.86. The van der Waals surface area contributed by atoms with Gasteiger partial charge >= 0.3 is 0 Å². The zero-order valence-electron chi connectivity index (χ0n) is 16.8. The Morgan fingerprint density at radius 2 is 1.83 bits per heavy atom. The lowest BCUT2D eigenvalue weighted by Gasteiger charge is -2.24. The fraction of sp³-hybridized carbons (Fsp3) is 0.435. The number of rotatable bonds is 10. The summed E-state index contributed by atoms with van der Waals surface area (Å²) in [7, 11) is 0. The van der Waals surface area contributed by atoms with Gasteiger partial charge < -0.3 is 25.1 Å². The Bertz CT molecular complexity index is 1020. The molecule has 0 aliphatic heterocycles. The highest BCUT2D eigenvalue weighted by molar-refractivity contribution is 5.90. The lowest BCUT2D eigenvalue weighted by Crippen LogP contribution is -2.47. The van der Waals surface area contributed by atoms with Gasteiger partial charge in [-0.25, -0.2) is 0 Å². The Hall–Kier alpha value is -2.41. The number of nitrogens with two attached hydrogens (primary N) is 1. The van der Waals surface area contributed by atoms with Crippen LogP contribution >= 0.6 is 0 Å². The summed E-state index contributed by atoms with van der Waals surface area (Å²) < 4.78 is 11.7. The number of aliphatic hydroxyl groups is 2. The Labute approximate surface area is 169 Å². The third-order valence-corrected chi connectivity index (χ3v) is 5.26. The molecule has 0 saturated carbocycles. The fourth-order valence-corrected chi connectivity index (χ4v) is 3.27. The lowest BCUT2D eigenvalue weighted by molar-refractivity contribution is 0.115. The predicted molar refractivity (Wildman–Crippen MR) is 114 cm³/mol. The lowest BCUT2D eigenvalue weighted by atomic mass is 9.93. The van der Waals surface area contributed by atoms with Crippen LogP contribution in [0.2, 0.25) is 0 Å². The first-order valence-electron chi connectivity index (χ1n) is 10.1. The number of aliphatic hydroxyl groups excluding tert-OH is 2. The molecule has 0 aliphatic rings. The number of hydrogen-bond acceptors (Lipinski definition) is 6. The van der Waals surface area contributed by atoms with Crippen LogP contribution in [-0.4, -0.2) is 35.6 Å². The zero-order chi connectivity index (χ0) is 20.9. The van der Waals surface area contributed by atoms with Crippen LogP contribution in [0.3, 0.4) is 0 Å². The highest BCUT2D eigenvalue weighted by Gasteiger charge is 2.22. The molecule has 1 heterocycles. The third-order valence-electron chi connectivity index (χ3n) is 5.26. The average molecular weight is 399 g/mol. The largest absolute Gasteiger partial charge is 0.493 e. The molecule has 6 nitrogen and oxygen atoms in total. The van der Waals surface area contributed by atoms with E-state index in [1.165, 1.54) is 0 Å². The highest BCUT2D eigenvalue weighted by Crippen LogP contribution is 2.24. The van der Waals surface area contributed by atoms with Crippen LogP contribution in [0.1, 0.15) is 38.2 Å². The average Bonchev–Trinajstić information content (AvgIpc) is 2.75. The number of benzene rings is 2. The van der Waals surface area contributed by atoms with Crippen LogP contribution in [-0.2, 0) is 6.42 Å². The molecule has 0 spiro atoms. The molecule has 0 saturated heterocycles. The van der Waals surface area contributed by atoms with Crippen LogP contribution in [0.5, 0.6) is 5.75 Å². The van der Waals surface area contributed by atoms with Gasteiger partial charge in [-0.3, -0.25) is 4.79 Å². The van der Waals surface area contributed by atoms with E-state index in [2.05, 4.69) is 6.92 Å². The van der Waals surface area contributed by atoms with Crippen molar-refractivity contribution in [1.82, 2.24) is 0 Å². The molecule has 2 aromatic carbocycles. The van der Waals surface area contributed by atoms with Crippen molar-refractivity contribution in [3.8, 4) is 5.75 Å². The van der Waals surface area contributed by atoms with Gasteiger partial charge in [-0.05, 0) is 49.1 Å². The van der Waals surface area contributed by atoms with Crippen molar-refractivity contribution < 1.29 is 19.4 Å². The second-order valence-electron chi connectivity index (χ2n) is 7.65. The van der Waals surface area contributed by atoms with E-state index >= 15 is 0 Å². The first-order valence-corrected chi connectivity index (χ1v) is 10.1. The van der Waals surface area contributed by atoms with E-state index in [9.17, 15) is 15.0 Å². The molecular formula is C23H29NO5. The summed E-state index contributed by atoms with van der Waals surface area (Å²) in [6.07, 6.45) is 4.20. The predicted octanol–water partition coefficient (Wildman–Crippen LogP) is 3.13. The minimum absolute atomic E-state index is 0.0936. The molecule has 29 heavy (non-hydrogen) atoms. The first kappa shape index (κ1) is 21.3. The van der Waals surface area contributed by atoms with E-state index in [0.717, 1.165) is 24.8 Å². The molecule has 0 atom stereocenters. The van der Waals surface area contributed by atoms with Gasteiger partial charge in [0.05, 0.1) is 36.1 Å². The van der Waals surface area contributed by atoms with Gasteiger partial charge in [0.1, 0.15) is 16.9 Å². The summed E-state index contributed by atoms with van der Waals surface area (Å²) in [4.78, 5) is 13.0. The van der Waals surface area contributed by atoms with E-state index < -0.39 is 5.54 Å². The monoisotopic (exact) mass is 399 g/mol. The maximum atomic E-state index is 13.0. The standard InChI is InChI=1S/C23H29NO5/c1-2-3-4-11-28-17-6-7-18-21(13-17)29-20-8-5-16(12-19(20)22(18)27)9-10-23(24,14-25)15-26/h5-8,12-13,25-26H,2-4,9-11,14-15,24H2,1H3. The Morgan fingerprint density at radius 1 is 1.03 bits per heavy atom. The number of unbranched alkanes of at least 4 members (excludes halogenated alkanes) is 2. The third kappa shape index (κ3) is 4.96. The molecule has 3 rings (SSSR count). The summed E-state index contributed by atoms with van der Waals surface area (Å²) in [6, 6.07) is 10.7. The van der Waals surface area contributed by atoms with E-state index in [1.54, 1.807) is 30.3 Å². The van der Waals surface area contributed by atoms with Gasteiger partial charge in [0.15, 0.2) is 0 Å². The quantitative estimate of drug-likeness (QED) is 0.357. The van der Waals surface area contributed by atoms with Crippen molar-refractivity contribution in [3.63, 3.8) is 0 Å². The summed E-state index contributed by atoms with van der Waals surface area (Å²) in [5, 5.41) is 19.7. The van der Waals surface area contributed by atoms with Crippen molar-refractivity contribution in [3.05, 3.63) is 52.2 Å². The number of aryl methyl sites for hydroxylation is 1. The van der Waals surface area contributed by atoms with Crippen LogP contribution in [0.25, 0.3) is 21.9 Å². The van der Waals surface area contributed by atoms with Gasteiger partial charge in [-0.15, -0.1) is 0 Å². The van der Waals surface area contributed by atoms with E-state index in [4.69, 9.17) is 14.9 Å². The van der Waals surface area contributed by atoms with Crippen molar-refractivity contribution in [2.75, 3.05) is 19.8 Å². The zero-order valence-corrected chi connectivity index (χ0v) is 16.8. The number of ether oxygens (including phenoxy) is 1. The van der Waals surface area contributed by atoms with Gasteiger partial charge in [0.2, 0.25) is 5.43 Å². The summed E-state index contributed by atoms with van der Waals surface area (Å²) >= 11 is 0. The van der Waals surface area contributed by atoms with Crippen LogP contribution in [0.4, 0.5) is 0 Å². The molecular weight excluding hydrogens is 370 g/mol. The smallest absolute Gasteiger partial charge is 0.200 e. The van der Waals surface area contributed by atoms with Crippen molar-refractivity contribution in [2.24, 2.45) is 5.73 Å². The second kappa shape index (κ2) is 9.39. The summed E-state index contributed by atoms with van der Waals surface area (Å²) in [5.41, 5.74) is 6.73. The maximum Gasteiger partial charge on any atom is 0.200 e. The molecule has 0 bridgehead atoms. The van der Waals surface area contributed by atoms with E-state index in [-0.39, 0.29) is 18.6 Å². The Kier molecular flexibility index (Phi) is 6.90. The second-order valence-corrected chi connectivity index (χ2v) is 7.65. The van der Waals surface area contributed by atoms with Gasteiger partial charge in [-0.2, -0.15) is 0 Å². The van der Waals surface area contributed by atoms with Gasteiger partial charge in [0.25, 0.3) is 0 Å².